The zero-order valence-corrected chi connectivity index (χ0v) is 18.8. The Hall–Kier alpha value is -4.18. The van der Waals surface area contributed by atoms with E-state index in [1.165, 1.54) is 6.07 Å². The van der Waals surface area contributed by atoms with Gasteiger partial charge in [0.05, 0.1) is 22.1 Å². The molecule has 2 aromatic heterocycles. The van der Waals surface area contributed by atoms with E-state index < -0.39 is 11.9 Å². The minimum Gasteiger partial charge on any atom is -0.457 e. The summed E-state index contributed by atoms with van der Waals surface area (Å²) in [5.41, 5.74) is 6.94. The van der Waals surface area contributed by atoms with Gasteiger partial charge < -0.3 is 21.1 Å². The highest BCUT2D eigenvalue weighted by atomic mass is 35.5. The fraction of sp³-hybridized carbons (Fsp3) is 0.174. The van der Waals surface area contributed by atoms with E-state index >= 15 is 0 Å². The molecule has 34 heavy (non-hydrogen) atoms. The highest BCUT2D eigenvalue weighted by molar-refractivity contribution is 6.35. The Morgan fingerprint density at radius 3 is 2.74 bits per heavy atom. The second-order valence-electron chi connectivity index (χ2n) is 7.81. The summed E-state index contributed by atoms with van der Waals surface area (Å²) in [6.45, 7) is 0.581. The van der Waals surface area contributed by atoms with Gasteiger partial charge in [0, 0.05) is 25.2 Å². The first-order valence-corrected chi connectivity index (χ1v) is 10.9. The molecule has 4 N–H and O–H groups in total. The van der Waals surface area contributed by atoms with Crippen LogP contribution >= 0.6 is 11.6 Å². The molecule has 1 aliphatic rings. The van der Waals surface area contributed by atoms with Crippen molar-refractivity contribution < 1.29 is 14.3 Å². The third-order valence-electron chi connectivity index (χ3n) is 5.50. The molecular formula is C23H20ClN7O3. The van der Waals surface area contributed by atoms with Crippen LogP contribution in [0.1, 0.15) is 16.9 Å². The number of benzene rings is 2. The predicted octanol–water partition coefficient (Wildman–Crippen LogP) is 2.88. The van der Waals surface area contributed by atoms with Crippen LogP contribution < -0.4 is 21.1 Å². The highest BCUT2D eigenvalue weighted by Crippen LogP contribution is 2.34. The minimum absolute atomic E-state index is 0.0476. The van der Waals surface area contributed by atoms with Crippen LogP contribution in [0.4, 0.5) is 5.82 Å². The number of aryl methyl sites for hydroxylation is 1. The van der Waals surface area contributed by atoms with E-state index in [2.05, 4.69) is 25.7 Å². The van der Waals surface area contributed by atoms with E-state index in [4.69, 9.17) is 22.1 Å². The van der Waals surface area contributed by atoms with Crippen LogP contribution in [0, 0.1) is 0 Å². The van der Waals surface area contributed by atoms with E-state index in [1.807, 2.05) is 7.05 Å². The van der Waals surface area contributed by atoms with Crippen LogP contribution in [-0.2, 0) is 11.8 Å². The van der Waals surface area contributed by atoms with Gasteiger partial charge in [0.25, 0.3) is 5.91 Å². The van der Waals surface area contributed by atoms with Crippen LogP contribution in [0.15, 0.2) is 48.7 Å². The third kappa shape index (κ3) is 4.11. The molecule has 2 aromatic carbocycles. The average molecular weight is 478 g/mol. The van der Waals surface area contributed by atoms with Gasteiger partial charge in [-0.25, -0.2) is 9.97 Å². The van der Waals surface area contributed by atoms with Gasteiger partial charge in [0.15, 0.2) is 5.82 Å². The molecule has 0 spiro atoms. The summed E-state index contributed by atoms with van der Waals surface area (Å²) in [5.74, 6) is 1.04. The molecule has 4 aromatic rings. The minimum atomic E-state index is -0.689. The first-order valence-electron chi connectivity index (χ1n) is 10.5. The second-order valence-corrected chi connectivity index (χ2v) is 8.21. The number of carbonyl (C=O) groups is 2. The predicted molar refractivity (Wildman–Crippen MR) is 127 cm³/mol. The topological polar surface area (TPSA) is 137 Å². The Morgan fingerprint density at radius 1 is 1.24 bits per heavy atom. The monoisotopic (exact) mass is 477 g/mol. The van der Waals surface area contributed by atoms with Crippen LogP contribution in [-0.4, -0.2) is 44.1 Å². The van der Waals surface area contributed by atoms with Crippen molar-refractivity contribution in [3.05, 3.63) is 59.4 Å². The van der Waals surface area contributed by atoms with Crippen LogP contribution in [0.3, 0.4) is 0 Å². The molecule has 0 bridgehead atoms. The molecule has 10 nitrogen and oxygen atoms in total. The number of nitrogens with two attached hydrogens (primary N) is 1. The average Bonchev–Trinajstić information content (AvgIpc) is 3.42. The number of rotatable bonds is 6. The van der Waals surface area contributed by atoms with Crippen LogP contribution in [0.2, 0.25) is 5.02 Å². The number of primary amides is 1. The maximum Gasteiger partial charge on any atom is 0.267 e. The molecule has 1 fully saturated rings. The van der Waals surface area contributed by atoms with Crippen molar-refractivity contribution in [1.29, 1.82) is 0 Å². The van der Waals surface area contributed by atoms with E-state index in [-0.39, 0.29) is 11.6 Å². The van der Waals surface area contributed by atoms with Gasteiger partial charge >= 0.3 is 0 Å². The number of amides is 2. The first kappa shape index (κ1) is 21.7. The Labute approximate surface area is 199 Å². The number of nitrogens with zero attached hydrogens (tertiary/aromatic N) is 4. The summed E-state index contributed by atoms with van der Waals surface area (Å²) in [5, 5.41) is 11.4. The summed E-state index contributed by atoms with van der Waals surface area (Å²) in [4.78, 5) is 32.5. The standard InChI is InChI=1S/C23H20ClN7O3/c1-31-20-14(11-27-31)18(7-6-15(20)24)34-13-4-2-12(3-5-13)22-29-17(21(25)32)10-19(30-22)28-16-8-9-26-23(16)33/h2-7,10-11,16H,8-9H2,1H3,(H2,25,32)(H,26,33)(H,28,29,30). The van der Waals surface area contributed by atoms with E-state index in [0.717, 1.165) is 10.9 Å². The molecule has 3 heterocycles. The zero-order valence-electron chi connectivity index (χ0n) is 18.1. The molecule has 0 saturated carbocycles. The lowest BCUT2D eigenvalue weighted by molar-refractivity contribution is -0.119. The number of hydrogen-bond acceptors (Lipinski definition) is 7. The maximum absolute atomic E-state index is 11.9. The molecule has 172 valence electrons. The smallest absolute Gasteiger partial charge is 0.267 e. The van der Waals surface area contributed by atoms with Crippen LogP contribution in [0.25, 0.3) is 22.3 Å². The number of hydrogen-bond donors (Lipinski definition) is 3. The molecule has 5 rings (SSSR count). The number of aromatic nitrogens is 4. The molecular weight excluding hydrogens is 458 g/mol. The highest BCUT2D eigenvalue weighted by Gasteiger charge is 2.25. The molecule has 2 amide bonds. The number of fused-ring (bicyclic) bond motifs is 1. The van der Waals surface area contributed by atoms with Gasteiger partial charge in [-0.05, 0) is 42.8 Å². The molecule has 11 heteroatoms. The Morgan fingerprint density at radius 2 is 2.03 bits per heavy atom. The number of ether oxygens (including phenoxy) is 1. The number of carbonyl (C=O) groups excluding carboxylic acids is 2. The molecule has 0 aliphatic carbocycles. The van der Waals surface area contributed by atoms with E-state index in [9.17, 15) is 9.59 Å². The Bertz CT molecular complexity index is 1420. The molecule has 1 unspecified atom stereocenters. The largest absolute Gasteiger partial charge is 0.457 e. The van der Waals surface area contributed by atoms with Gasteiger partial charge in [-0.1, -0.05) is 11.6 Å². The van der Waals surface area contributed by atoms with E-state index in [0.29, 0.717) is 46.7 Å². The quantitative estimate of drug-likeness (QED) is 0.388. The molecule has 1 atom stereocenters. The van der Waals surface area contributed by atoms with Crippen LogP contribution in [0.5, 0.6) is 11.5 Å². The van der Waals surface area contributed by atoms with Gasteiger partial charge in [0.1, 0.15) is 29.1 Å². The van der Waals surface area contributed by atoms with Gasteiger partial charge in [0.2, 0.25) is 5.91 Å². The maximum atomic E-state index is 11.9. The Balaban J connectivity index is 1.42. The lowest BCUT2D eigenvalue weighted by Gasteiger charge is -2.13. The summed E-state index contributed by atoms with van der Waals surface area (Å²) in [6.07, 6.45) is 2.32. The number of halogens is 1. The Kier molecular flexibility index (Phi) is 5.50. The summed E-state index contributed by atoms with van der Waals surface area (Å²) >= 11 is 6.29. The summed E-state index contributed by atoms with van der Waals surface area (Å²) < 4.78 is 7.75. The molecule has 0 radical (unpaired) electrons. The van der Waals surface area contributed by atoms with Crippen molar-refractivity contribution in [1.82, 2.24) is 25.1 Å². The summed E-state index contributed by atoms with van der Waals surface area (Å²) in [6, 6.07) is 11.6. The van der Waals surface area contributed by atoms with Crippen molar-refractivity contribution in [3.63, 3.8) is 0 Å². The fourth-order valence-electron chi connectivity index (χ4n) is 3.79. The van der Waals surface area contributed by atoms with Gasteiger partial charge in [-0.2, -0.15) is 5.10 Å². The number of nitrogens with one attached hydrogen (secondary N) is 2. The SMILES string of the molecule is Cn1ncc2c(Oc3ccc(-c4nc(NC5CCNC5=O)cc(C(N)=O)n4)cc3)ccc(Cl)c21. The second kappa shape index (κ2) is 8.64. The van der Waals surface area contributed by atoms with E-state index in [1.54, 1.807) is 47.3 Å². The van der Waals surface area contributed by atoms with Crippen molar-refractivity contribution >= 4 is 40.1 Å². The van der Waals surface area contributed by atoms with Gasteiger partial charge in [-0.3, -0.25) is 14.3 Å². The van der Waals surface area contributed by atoms with Crippen molar-refractivity contribution in [2.75, 3.05) is 11.9 Å². The van der Waals surface area contributed by atoms with Crippen molar-refractivity contribution in [2.24, 2.45) is 12.8 Å². The normalized spacial score (nSPS) is 15.4. The lowest BCUT2D eigenvalue weighted by atomic mass is 10.2. The molecule has 1 aliphatic heterocycles. The fourth-order valence-corrected chi connectivity index (χ4v) is 4.08. The third-order valence-corrected chi connectivity index (χ3v) is 5.81. The molecule has 1 saturated heterocycles. The number of anilines is 1. The summed E-state index contributed by atoms with van der Waals surface area (Å²) in [7, 11) is 1.81. The van der Waals surface area contributed by atoms with Gasteiger partial charge in [-0.15, -0.1) is 0 Å². The lowest BCUT2D eigenvalue weighted by Crippen LogP contribution is -2.30. The van der Waals surface area contributed by atoms with Crippen molar-refractivity contribution in [2.45, 2.75) is 12.5 Å². The first-order chi connectivity index (χ1) is 16.4. The zero-order chi connectivity index (χ0) is 23.8. The van der Waals surface area contributed by atoms with Crippen molar-refractivity contribution in [3.8, 4) is 22.9 Å².